The van der Waals surface area contributed by atoms with Crippen LogP contribution in [0.1, 0.15) is 6.92 Å². The minimum Gasteiger partial charge on any atom is -0.301 e. The maximum absolute atomic E-state index is 10.4. The topological polar surface area (TPSA) is 26.4 Å². The third kappa shape index (κ3) is 1.94. The van der Waals surface area contributed by atoms with E-state index < -0.39 is 0 Å². The van der Waals surface area contributed by atoms with Crippen LogP contribution in [-0.2, 0) is 5.11 Å². The number of likely N-dealkylation sites (N-methyl/N-ethyl adjacent to an activating group) is 1. The van der Waals surface area contributed by atoms with Crippen molar-refractivity contribution in [3.63, 3.8) is 0 Å². The van der Waals surface area contributed by atoms with Crippen molar-refractivity contribution < 1.29 is 5.11 Å². The standard InChI is InChI=1S/C7H15N2O/c1-2-8-3-5-9(7-10)6-4-8/h2-7H2,1H3. The molecule has 0 unspecified atom stereocenters. The van der Waals surface area contributed by atoms with Crippen LogP contribution in [0.15, 0.2) is 0 Å². The lowest BCUT2D eigenvalue weighted by atomic mass is 10.3. The second-order valence-electron chi connectivity index (χ2n) is 2.68. The SMILES string of the molecule is CCN1CCN(C[O])CC1. The van der Waals surface area contributed by atoms with Crippen LogP contribution in [0.25, 0.3) is 0 Å². The zero-order valence-electron chi connectivity index (χ0n) is 6.55. The van der Waals surface area contributed by atoms with Crippen LogP contribution >= 0.6 is 0 Å². The molecular formula is C7H15N2O. The van der Waals surface area contributed by atoms with Crippen LogP contribution in [-0.4, -0.2) is 49.3 Å². The normalized spacial score (nSPS) is 23.4. The van der Waals surface area contributed by atoms with Gasteiger partial charge in [0.1, 0.15) is 6.73 Å². The molecular weight excluding hydrogens is 128 g/mol. The van der Waals surface area contributed by atoms with Gasteiger partial charge in [-0.2, -0.15) is 0 Å². The third-order valence-electron chi connectivity index (χ3n) is 2.09. The maximum atomic E-state index is 10.4. The van der Waals surface area contributed by atoms with Gasteiger partial charge in [-0.05, 0) is 6.54 Å². The van der Waals surface area contributed by atoms with Crippen molar-refractivity contribution in [2.75, 3.05) is 39.5 Å². The van der Waals surface area contributed by atoms with Crippen LogP contribution < -0.4 is 0 Å². The second kappa shape index (κ2) is 3.91. The highest BCUT2D eigenvalue weighted by Gasteiger charge is 2.13. The van der Waals surface area contributed by atoms with E-state index in [9.17, 15) is 5.11 Å². The minimum atomic E-state index is -0.0302. The lowest BCUT2D eigenvalue weighted by Gasteiger charge is -2.31. The molecule has 3 heteroatoms. The Kier molecular flexibility index (Phi) is 3.12. The first-order chi connectivity index (χ1) is 4.86. The molecule has 1 saturated heterocycles. The largest absolute Gasteiger partial charge is 0.301 e. The molecule has 0 aromatic heterocycles. The highest BCUT2D eigenvalue weighted by atomic mass is 16.3. The molecule has 0 aromatic carbocycles. The Hall–Kier alpha value is -0.120. The zero-order valence-corrected chi connectivity index (χ0v) is 6.55. The fourth-order valence-electron chi connectivity index (χ4n) is 1.23. The van der Waals surface area contributed by atoms with Crippen LogP contribution in [0.3, 0.4) is 0 Å². The van der Waals surface area contributed by atoms with E-state index in [0.29, 0.717) is 0 Å². The van der Waals surface area contributed by atoms with E-state index in [0.717, 1.165) is 32.7 Å². The van der Waals surface area contributed by atoms with Gasteiger partial charge in [-0.25, -0.2) is 5.11 Å². The van der Waals surface area contributed by atoms with Gasteiger partial charge in [-0.15, -0.1) is 0 Å². The lowest BCUT2D eigenvalue weighted by molar-refractivity contribution is 0.0180. The van der Waals surface area contributed by atoms with Crippen LogP contribution in [0.2, 0.25) is 0 Å². The molecule has 59 valence electrons. The summed E-state index contributed by atoms with van der Waals surface area (Å²) in [4.78, 5) is 4.32. The summed E-state index contributed by atoms with van der Waals surface area (Å²) in [5.74, 6) is 0. The Labute approximate surface area is 62.2 Å². The minimum absolute atomic E-state index is 0.0302. The number of piperazine rings is 1. The molecule has 1 radical (unpaired) electrons. The molecule has 3 nitrogen and oxygen atoms in total. The molecule has 1 aliphatic heterocycles. The molecule has 0 saturated carbocycles. The smallest absolute Gasteiger partial charge is 0.135 e. The summed E-state index contributed by atoms with van der Waals surface area (Å²) < 4.78 is 0. The van der Waals surface area contributed by atoms with Gasteiger partial charge in [0.25, 0.3) is 0 Å². The highest BCUT2D eigenvalue weighted by molar-refractivity contribution is 4.67. The fourth-order valence-corrected chi connectivity index (χ4v) is 1.23. The van der Waals surface area contributed by atoms with Gasteiger partial charge in [0.2, 0.25) is 0 Å². The Morgan fingerprint density at radius 3 is 2.00 bits per heavy atom. The Balaban J connectivity index is 2.17. The van der Waals surface area contributed by atoms with E-state index in [4.69, 9.17) is 0 Å². The van der Waals surface area contributed by atoms with E-state index in [1.165, 1.54) is 0 Å². The molecule has 0 spiro atoms. The van der Waals surface area contributed by atoms with Crippen molar-refractivity contribution in [2.24, 2.45) is 0 Å². The first-order valence-electron chi connectivity index (χ1n) is 3.89. The van der Waals surface area contributed by atoms with E-state index in [2.05, 4.69) is 11.8 Å². The summed E-state index contributed by atoms with van der Waals surface area (Å²) in [7, 11) is 0. The van der Waals surface area contributed by atoms with E-state index in [1.807, 2.05) is 4.90 Å². The summed E-state index contributed by atoms with van der Waals surface area (Å²) in [6, 6.07) is 0. The summed E-state index contributed by atoms with van der Waals surface area (Å²) in [5.41, 5.74) is 0. The summed E-state index contributed by atoms with van der Waals surface area (Å²) in [5, 5.41) is 10.4. The molecule has 0 aliphatic carbocycles. The predicted molar refractivity (Wildman–Crippen MR) is 39.2 cm³/mol. The van der Waals surface area contributed by atoms with Crippen LogP contribution in [0.4, 0.5) is 0 Å². The van der Waals surface area contributed by atoms with Crippen molar-refractivity contribution in [1.82, 2.24) is 9.80 Å². The van der Waals surface area contributed by atoms with Crippen molar-refractivity contribution >= 4 is 0 Å². The predicted octanol–water partition coefficient (Wildman–Crippen LogP) is 0.0119. The number of hydrogen-bond acceptors (Lipinski definition) is 2. The van der Waals surface area contributed by atoms with E-state index in [-0.39, 0.29) is 6.73 Å². The first kappa shape index (κ1) is 7.98. The number of rotatable bonds is 2. The van der Waals surface area contributed by atoms with Gasteiger partial charge in [0.15, 0.2) is 0 Å². The van der Waals surface area contributed by atoms with E-state index >= 15 is 0 Å². The molecule has 1 aliphatic rings. The van der Waals surface area contributed by atoms with Crippen LogP contribution in [0, 0.1) is 0 Å². The average Bonchev–Trinajstić information content (AvgIpc) is 2.05. The first-order valence-corrected chi connectivity index (χ1v) is 3.89. The van der Waals surface area contributed by atoms with Gasteiger partial charge >= 0.3 is 0 Å². The molecule has 1 rings (SSSR count). The van der Waals surface area contributed by atoms with Crippen molar-refractivity contribution in [3.05, 3.63) is 0 Å². The Morgan fingerprint density at radius 1 is 1.10 bits per heavy atom. The van der Waals surface area contributed by atoms with Crippen molar-refractivity contribution in [3.8, 4) is 0 Å². The molecule has 0 bridgehead atoms. The van der Waals surface area contributed by atoms with Gasteiger partial charge in [0, 0.05) is 26.2 Å². The molecule has 0 N–H and O–H groups in total. The maximum Gasteiger partial charge on any atom is 0.135 e. The fraction of sp³-hybridized carbons (Fsp3) is 1.00. The van der Waals surface area contributed by atoms with Crippen molar-refractivity contribution in [2.45, 2.75) is 6.92 Å². The second-order valence-corrected chi connectivity index (χ2v) is 2.68. The number of hydrogen-bond donors (Lipinski definition) is 0. The Morgan fingerprint density at radius 2 is 1.60 bits per heavy atom. The molecule has 0 aromatic rings. The average molecular weight is 143 g/mol. The Bertz CT molecular complexity index is 77.6. The molecule has 1 fully saturated rings. The van der Waals surface area contributed by atoms with Gasteiger partial charge in [-0.3, -0.25) is 4.90 Å². The summed E-state index contributed by atoms with van der Waals surface area (Å²) in [6.45, 7) is 7.29. The summed E-state index contributed by atoms with van der Waals surface area (Å²) >= 11 is 0. The van der Waals surface area contributed by atoms with Gasteiger partial charge < -0.3 is 4.90 Å². The van der Waals surface area contributed by atoms with E-state index in [1.54, 1.807) is 0 Å². The van der Waals surface area contributed by atoms with Gasteiger partial charge in [0.05, 0.1) is 0 Å². The molecule has 1 heterocycles. The zero-order chi connectivity index (χ0) is 7.40. The monoisotopic (exact) mass is 143 g/mol. The quantitative estimate of drug-likeness (QED) is 0.544. The molecule has 10 heavy (non-hydrogen) atoms. The number of nitrogens with zero attached hydrogens (tertiary/aromatic N) is 2. The lowest BCUT2D eigenvalue weighted by Crippen LogP contribution is -2.46. The molecule has 0 atom stereocenters. The summed E-state index contributed by atoms with van der Waals surface area (Å²) in [6.07, 6.45) is 0. The molecule has 0 amide bonds. The van der Waals surface area contributed by atoms with Gasteiger partial charge in [-0.1, -0.05) is 6.92 Å². The third-order valence-corrected chi connectivity index (χ3v) is 2.09. The van der Waals surface area contributed by atoms with Crippen LogP contribution in [0.5, 0.6) is 0 Å². The van der Waals surface area contributed by atoms with Crippen molar-refractivity contribution in [1.29, 1.82) is 0 Å². The highest BCUT2D eigenvalue weighted by Crippen LogP contribution is 1.98.